The average molecular weight is 713 g/mol. The van der Waals surface area contributed by atoms with Crippen LogP contribution in [0.2, 0.25) is 5.02 Å². The molecular weight excluding hydrogens is 681 g/mol. The first-order valence-corrected chi connectivity index (χ1v) is 15.7. The maximum atomic E-state index is 15.2. The third-order valence-electron chi connectivity index (χ3n) is 7.85. The monoisotopic (exact) mass is 712 g/mol. The van der Waals surface area contributed by atoms with E-state index in [2.05, 4.69) is 0 Å². The first-order chi connectivity index (χ1) is 23.5. The van der Waals surface area contributed by atoms with Crippen molar-refractivity contribution in [3.63, 3.8) is 0 Å². The fourth-order valence-corrected chi connectivity index (χ4v) is 5.54. The average Bonchev–Trinajstić information content (AvgIpc) is 3.05. The van der Waals surface area contributed by atoms with Gasteiger partial charge in [-0.3, -0.25) is 0 Å². The van der Waals surface area contributed by atoms with Crippen molar-refractivity contribution in [2.75, 3.05) is 33.5 Å². The Morgan fingerprint density at radius 3 is 2.08 bits per heavy atom. The van der Waals surface area contributed by atoms with Gasteiger partial charge in [0, 0.05) is 49.1 Å². The molecule has 262 valence electrons. The van der Waals surface area contributed by atoms with Gasteiger partial charge in [0.05, 0.1) is 29.4 Å². The van der Waals surface area contributed by atoms with Crippen LogP contribution in [0.5, 0.6) is 5.75 Å². The van der Waals surface area contributed by atoms with Gasteiger partial charge in [-0.15, -0.1) is 0 Å². The minimum Gasteiger partial charge on any atom is -0.489 e. The Balaban J connectivity index is 1.20. The quantitative estimate of drug-likeness (QED) is 0.0962. The Labute approximate surface area is 283 Å². The normalized spacial score (nSPS) is 16.4. The second-order valence-corrected chi connectivity index (χ2v) is 11.7. The van der Waals surface area contributed by atoms with Crippen molar-refractivity contribution in [3.05, 3.63) is 111 Å². The SMILES string of the molecule is COCCCCCOC1COC(c2ccc(-c3cc(F)c(COc4cc(F)c(-c5ccc(C(F)F)c(F)c5)c(F)c4)c(Cl)c3)c(F)c2)OC1. The Hall–Kier alpha value is -3.68. The predicted octanol–water partition coefficient (Wildman–Crippen LogP) is 10.1. The Kier molecular flexibility index (Phi) is 12.6. The van der Waals surface area contributed by atoms with E-state index in [-0.39, 0.29) is 52.3 Å². The van der Waals surface area contributed by atoms with Crippen molar-refractivity contribution >= 4 is 11.6 Å². The van der Waals surface area contributed by atoms with Crippen LogP contribution in [0.25, 0.3) is 22.3 Å². The summed E-state index contributed by atoms with van der Waals surface area (Å²) in [5.41, 5.74) is -1.41. The minimum atomic E-state index is -3.10. The molecule has 1 saturated heterocycles. The molecule has 0 bridgehead atoms. The molecule has 4 aromatic carbocycles. The van der Waals surface area contributed by atoms with E-state index >= 15 is 8.78 Å². The van der Waals surface area contributed by atoms with Crippen LogP contribution in [0.3, 0.4) is 0 Å². The molecule has 0 atom stereocenters. The van der Waals surface area contributed by atoms with E-state index in [1.54, 1.807) is 13.2 Å². The zero-order valence-electron chi connectivity index (χ0n) is 26.2. The molecular formula is C36H32ClF7O5. The zero-order chi connectivity index (χ0) is 35.1. The predicted molar refractivity (Wildman–Crippen MR) is 168 cm³/mol. The third kappa shape index (κ3) is 9.11. The number of alkyl halides is 2. The van der Waals surface area contributed by atoms with Crippen LogP contribution >= 0.6 is 11.6 Å². The van der Waals surface area contributed by atoms with Crippen molar-refractivity contribution < 1.29 is 54.4 Å². The van der Waals surface area contributed by atoms with Crippen molar-refractivity contribution in [2.45, 2.75) is 44.7 Å². The van der Waals surface area contributed by atoms with Gasteiger partial charge in [-0.1, -0.05) is 29.8 Å². The van der Waals surface area contributed by atoms with Gasteiger partial charge in [0.25, 0.3) is 6.43 Å². The Bertz CT molecular complexity index is 1700. The van der Waals surface area contributed by atoms with Crippen LogP contribution in [0.1, 0.15) is 48.7 Å². The Morgan fingerprint density at radius 1 is 0.755 bits per heavy atom. The first kappa shape index (κ1) is 36.6. The molecule has 0 spiro atoms. The van der Waals surface area contributed by atoms with E-state index < -0.39 is 59.5 Å². The molecule has 5 rings (SSSR count). The molecule has 1 aliphatic heterocycles. The second-order valence-electron chi connectivity index (χ2n) is 11.3. The molecule has 0 saturated carbocycles. The van der Waals surface area contributed by atoms with Crippen LogP contribution < -0.4 is 4.74 Å². The number of hydrogen-bond acceptors (Lipinski definition) is 5. The number of unbranched alkanes of at least 4 members (excludes halogenated alkanes) is 2. The lowest BCUT2D eigenvalue weighted by atomic mass is 10.0. The van der Waals surface area contributed by atoms with E-state index in [9.17, 15) is 22.0 Å². The van der Waals surface area contributed by atoms with Crippen molar-refractivity contribution in [2.24, 2.45) is 0 Å². The lowest BCUT2D eigenvalue weighted by Crippen LogP contribution is -2.33. The number of ether oxygens (including phenoxy) is 5. The maximum Gasteiger partial charge on any atom is 0.266 e. The highest BCUT2D eigenvalue weighted by Crippen LogP contribution is 2.35. The van der Waals surface area contributed by atoms with Gasteiger partial charge in [0.1, 0.15) is 47.5 Å². The van der Waals surface area contributed by atoms with E-state index in [0.717, 1.165) is 49.6 Å². The van der Waals surface area contributed by atoms with Gasteiger partial charge in [-0.25, -0.2) is 30.7 Å². The molecule has 1 aliphatic rings. The summed E-state index contributed by atoms with van der Waals surface area (Å²) in [5, 5.41) is -0.130. The van der Waals surface area contributed by atoms with E-state index in [0.29, 0.717) is 24.8 Å². The van der Waals surface area contributed by atoms with Gasteiger partial charge < -0.3 is 23.7 Å². The highest BCUT2D eigenvalue weighted by molar-refractivity contribution is 6.31. The molecule has 0 radical (unpaired) electrons. The molecule has 0 N–H and O–H groups in total. The molecule has 13 heteroatoms. The van der Waals surface area contributed by atoms with Crippen molar-refractivity contribution in [1.29, 1.82) is 0 Å². The van der Waals surface area contributed by atoms with Crippen molar-refractivity contribution in [1.82, 2.24) is 0 Å². The number of hydrogen-bond donors (Lipinski definition) is 0. The molecule has 0 aromatic heterocycles. The van der Waals surface area contributed by atoms with Crippen LogP contribution in [-0.4, -0.2) is 39.6 Å². The van der Waals surface area contributed by atoms with Gasteiger partial charge in [-0.2, -0.15) is 0 Å². The smallest absolute Gasteiger partial charge is 0.266 e. The standard InChI is InChI=1S/C36H32ClF7O5/c1-45-9-3-2-4-10-46-24-17-48-36(49-18-24)21-6-7-25(29(38)13-21)22-11-28(37)27(31(40)14-22)19-47-23-15-32(41)34(33(42)16-23)20-5-8-26(35(43)44)30(39)12-20/h5-8,11-16,24,35-36H,2-4,9-10,17-19H2,1H3. The summed E-state index contributed by atoms with van der Waals surface area (Å²) >= 11 is 6.32. The summed E-state index contributed by atoms with van der Waals surface area (Å²) in [6.45, 7) is 1.28. The van der Waals surface area contributed by atoms with E-state index in [1.807, 2.05) is 0 Å². The summed E-state index contributed by atoms with van der Waals surface area (Å²) in [4.78, 5) is 0. The fourth-order valence-electron chi connectivity index (χ4n) is 5.28. The summed E-state index contributed by atoms with van der Waals surface area (Å²) in [6.07, 6.45) is -1.31. The summed E-state index contributed by atoms with van der Waals surface area (Å²) in [5.74, 6) is -5.52. The first-order valence-electron chi connectivity index (χ1n) is 15.4. The van der Waals surface area contributed by atoms with Gasteiger partial charge in [0.15, 0.2) is 6.29 Å². The lowest BCUT2D eigenvalue weighted by Gasteiger charge is -2.29. The second kappa shape index (κ2) is 16.8. The number of methoxy groups -OCH3 is 1. The number of benzene rings is 4. The molecule has 49 heavy (non-hydrogen) atoms. The molecule has 0 aliphatic carbocycles. The molecule has 4 aromatic rings. The van der Waals surface area contributed by atoms with E-state index in [1.165, 1.54) is 18.2 Å². The largest absolute Gasteiger partial charge is 0.489 e. The highest BCUT2D eigenvalue weighted by Gasteiger charge is 2.25. The topological polar surface area (TPSA) is 46.2 Å². The maximum absolute atomic E-state index is 15.2. The van der Waals surface area contributed by atoms with Gasteiger partial charge in [0.2, 0.25) is 0 Å². The molecule has 0 unspecified atom stereocenters. The molecule has 5 nitrogen and oxygen atoms in total. The number of rotatable bonds is 14. The molecule has 0 amide bonds. The highest BCUT2D eigenvalue weighted by atomic mass is 35.5. The summed E-state index contributed by atoms with van der Waals surface area (Å²) in [6, 6.07) is 10.5. The number of halogens is 8. The van der Waals surface area contributed by atoms with Crippen molar-refractivity contribution in [3.8, 4) is 28.0 Å². The fraction of sp³-hybridized carbons (Fsp3) is 0.333. The summed E-state index contributed by atoms with van der Waals surface area (Å²) < 4.78 is 128. The van der Waals surface area contributed by atoms with E-state index in [4.69, 9.17) is 35.3 Å². The molecule has 1 fully saturated rings. The van der Waals surface area contributed by atoms with Gasteiger partial charge >= 0.3 is 0 Å². The Morgan fingerprint density at radius 2 is 1.45 bits per heavy atom. The van der Waals surface area contributed by atoms with Crippen LogP contribution in [0.15, 0.2) is 60.7 Å². The third-order valence-corrected chi connectivity index (χ3v) is 8.19. The lowest BCUT2D eigenvalue weighted by molar-refractivity contribution is -0.230. The molecule has 1 heterocycles. The van der Waals surface area contributed by atoms with Gasteiger partial charge in [-0.05, 0) is 60.7 Å². The minimum absolute atomic E-state index is 0.0558. The zero-order valence-corrected chi connectivity index (χ0v) is 27.0. The van der Waals surface area contributed by atoms with Crippen LogP contribution in [-0.2, 0) is 25.6 Å². The summed E-state index contributed by atoms with van der Waals surface area (Å²) in [7, 11) is 1.66. The van der Waals surface area contributed by atoms with Crippen LogP contribution in [0.4, 0.5) is 30.7 Å². The van der Waals surface area contributed by atoms with Crippen LogP contribution in [0, 0.1) is 29.1 Å².